The third-order valence-corrected chi connectivity index (χ3v) is 7.42. The second-order valence-corrected chi connectivity index (χ2v) is 10.9. The van der Waals surface area contributed by atoms with Crippen molar-refractivity contribution in [1.82, 2.24) is 19.9 Å². The normalized spacial score (nSPS) is 10.7. The maximum Gasteiger partial charge on any atom is 0.418 e. The largest absolute Gasteiger partial charge is 0.477 e. The Kier molecular flexibility index (Phi) is 14.5. The van der Waals surface area contributed by atoms with Crippen LogP contribution in [0.15, 0.2) is 36.9 Å². The minimum Gasteiger partial charge on any atom is -0.477 e. The highest BCUT2D eigenvalue weighted by molar-refractivity contribution is 7.15. The number of aromatic carboxylic acids is 1. The van der Waals surface area contributed by atoms with E-state index in [0.717, 1.165) is 41.3 Å². The van der Waals surface area contributed by atoms with Gasteiger partial charge in [0.2, 0.25) is 0 Å². The first-order valence-corrected chi connectivity index (χ1v) is 13.8. The molecule has 22 heteroatoms. The zero-order valence-electron chi connectivity index (χ0n) is 22.7. The molecule has 4 aromatic heterocycles. The lowest BCUT2D eigenvalue weighted by atomic mass is 10.2. The fourth-order valence-electron chi connectivity index (χ4n) is 2.65. The molecule has 11 nitrogen and oxygen atoms in total. The first-order chi connectivity index (χ1) is 20.7. The molecule has 0 bridgehead atoms. The number of anilines is 2. The number of Topliss-reactive ketones (excluding diaryl/α,β-unsaturated/α-hetero) is 2. The second kappa shape index (κ2) is 16.6. The smallest absolute Gasteiger partial charge is 0.418 e. The zero-order chi connectivity index (χ0) is 34.3. The van der Waals surface area contributed by atoms with E-state index in [1.807, 2.05) is 0 Å². The molecule has 0 atom stereocenters. The summed E-state index contributed by atoms with van der Waals surface area (Å²) in [6.45, 7) is 2.64. The molecule has 4 rings (SSSR count). The number of carbonyl (C=O) groups is 4. The van der Waals surface area contributed by atoms with Gasteiger partial charge < -0.3 is 16.2 Å². The number of hydrogen-bond acceptors (Lipinski definition) is 11. The molecular formula is C24H17Cl3F6N6O5S2. The van der Waals surface area contributed by atoms with Crippen LogP contribution in [-0.4, -0.2) is 48.5 Å². The van der Waals surface area contributed by atoms with E-state index in [4.69, 9.17) is 34.0 Å². The van der Waals surface area contributed by atoms with E-state index in [2.05, 4.69) is 25.3 Å². The van der Waals surface area contributed by atoms with Crippen LogP contribution in [0.4, 0.5) is 38.0 Å². The van der Waals surface area contributed by atoms with Crippen LogP contribution in [-0.2, 0) is 12.4 Å². The monoisotopic (exact) mass is 752 g/mol. The molecule has 0 spiro atoms. The van der Waals surface area contributed by atoms with Crippen molar-refractivity contribution in [3.05, 3.63) is 77.9 Å². The number of halogens is 9. The highest BCUT2D eigenvalue weighted by Crippen LogP contribution is 2.36. The molecule has 0 fully saturated rings. The molecule has 0 aliphatic heterocycles. The topological polar surface area (TPSA) is 178 Å². The highest BCUT2D eigenvalue weighted by atomic mass is 35.5. The third-order valence-electron chi connectivity index (χ3n) is 4.63. The van der Waals surface area contributed by atoms with Gasteiger partial charge in [0.15, 0.2) is 21.6 Å². The van der Waals surface area contributed by atoms with Gasteiger partial charge >= 0.3 is 18.3 Å². The number of amides is 1. The number of alkyl halides is 6. The van der Waals surface area contributed by atoms with Gasteiger partial charge in [0.1, 0.15) is 21.4 Å². The maximum atomic E-state index is 12.7. The summed E-state index contributed by atoms with van der Waals surface area (Å²) >= 11 is 12.4. The quantitative estimate of drug-likeness (QED) is 0.137. The Morgan fingerprint density at radius 1 is 0.761 bits per heavy atom. The minimum absolute atomic E-state index is 0. The standard InChI is InChI=1S/C12H7ClF3N3O2S.C6H4ClF3N2.C6H5NO3S.ClH/c1-5(20)11-18-4-8(22-11)10(21)19-9-2-6(12(14,15)16)7(13)3-17-9;7-4-2-12-5(11)1-3(4)6(8,9)10;1-3(8)5-7-2-4(11-5)6(9)10;/h2-4H,1H3,(H,17,19,21);1-2H,(H2,11,12);2H,1H3,(H,9,10);1H. The number of nitrogen functional groups attached to an aromatic ring is 1. The van der Waals surface area contributed by atoms with Crippen LogP contribution in [0.2, 0.25) is 10.0 Å². The molecule has 0 unspecified atom stereocenters. The molecule has 46 heavy (non-hydrogen) atoms. The van der Waals surface area contributed by atoms with Crippen molar-refractivity contribution >= 4 is 93.4 Å². The van der Waals surface area contributed by atoms with E-state index < -0.39 is 45.4 Å². The molecule has 248 valence electrons. The van der Waals surface area contributed by atoms with E-state index >= 15 is 0 Å². The number of pyridine rings is 2. The SMILES string of the molecule is CC(=O)c1ncc(C(=O)Nc2cc(C(F)(F)F)c(Cl)cn2)s1.CC(=O)c1ncc(C(=O)O)s1.Cl.Nc1cc(C(F)(F)F)c(Cl)cn1. The molecule has 0 aromatic carbocycles. The highest BCUT2D eigenvalue weighted by Gasteiger charge is 2.34. The molecule has 4 N–H and O–H groups in total. The number of nitrogens with two attached hydrogens (primary N) is 1. The van der Waals surface area contributed by atoms with Crippen LogP contribution in [0.3, 0.4) is 0 Å². The number of carboxylic acids is 1. The number of ketones is 2. The predicted octanol–water partition coefficient (Wildman–Crippen LogP) is 7.47. The van der Waals surface area contributed by atoms with Gasteiger partial charge in [0.25, 0.3) is 5.91 Å². The van der Waals surface area contributed by atoms with Crippen LogP contribution >= 0.6 is 58.3 Å². The van der Waals surface area contributed by atoms with Crippen LogP contribution < -0.4 is 11.1 Å². The van der Waals surface area contributed by atoms with Gasteiger partial charge in [0.05, 0.1) is 33.6 Å². The van der Waals surface area contributed by atoms with E-state index in [-0.39, 0.29) is 55.4 Å². The summed E-state index contributed by atoms with van der Waals surface area (Å²) in [5.41, 5.74) is 2.99. The van der Waals surface area contributed by atoms with Crippen molar-refractivity contribution in [1.29, 1.82) is 0 Å². The number of carboxylic acid groups (broad SMARTS) is 1. The first kappa shape index (κ1) is 40.1. The number of nitrogens with zero attached hydrogens (tertiary/aromatic N) is 4. The molecule has 0 saturated heterocycles. The van der Waals surface area contributed by atoms with E-state index in [1.54, 1.807) is 0 Å². The Bertz CT molecular complexity index is 1700. The van der Waals surface area contributed by atoms with Crippen molar-refractivity contribution in [3.8, 4) is 0 Å². The number of nitrogens with one attached hydrogen (secondary N) is 1. The Balaban J connectivity index is 0.000000374. The summed E-state index contributed by atoms with van der Waals surface area (Å²) in [6.07, 6.45) is -5.12. The van der Waals surface area contributed by atoms with Gasteiger partial charge in [-0.1, -0.05) is 23.2 Å². The van der Waals surface area contributed by atoms with E-state index in [1.165, 1.54) is 20.0 Å². The summed E-state index contributed by atoms with van der Waals surface area (Å²) in [7, 11) is 0. The lowest BCUT2D eigenvalue weighted by Crippen LogP contribution is -2.13. The molecule has 1 amide bonds. The van der Waals surface area contributed by atoms with Crippen molar-refractivity contribution in [2.24, 2.45) is 0 Å². The van der Waals surface area contributed by atoms with Crippen molar-refractivity contribution in [2.45, 2.75) is 26.2 Å². The van der Waals surface area contributed by atoms with Crippen LogP contribution in [0.25, 0.3) is 0 Å². The lowest BCUT2D eigenvalue weighted by molar-refractivity contribution is -0.138. The van der Waals surface area contributed by atoms with E-state index in [0.29, 0.717) is 12.1 Å². The number of hydrogen-bond donors (Lipinski definition) is 3. The van der Waals surface area contributed by atoms with Gasteiger partial charge in [-0.05, 0) is 12.1 Å². The molecule has 4 aromatic rings. The molecule has 0 aliphatic rings. The number of aromatic nitrogens is 4. The summed E-state index contributed by atoms with van der Waals surface area (Å²) < 4.78 is 74.3. The summed E-state index contributed by atoms with van der Waals surface area (Å²) in [4.78, 5) is 58.5. The van der Waals surface area contributed by atoms with Gasteiger partial charge in [-0.25, -0.2) is 24.7 Å². The Morgan fingerprint density at radius 3 is 1.59 bits per heavy atom. The molecular weight excluding hydrogens is 737 g/mol. The number of thiazole rings is 2. The van der Waals surface area contributed by atoms with E-state index in [9.17, 15) is 45.5 Å². The Morgan fingerprint density at radius 2 is 1.20 bits per heavy atom. The Hall–Kier alpha value is -3.91. The molecule has 0 radical (unpaired) electrons. The van der Waals surface area contributed by atoms with Crippen molar-refractivity contribution < 1.29 is 50.6 Å². The average molecular weight is 754 g/mol. The fourth-order valence-corrected chi connectivity index (χ4v) is 4.43. The number of carbonyl (C=O) groups excluding carboxylic acids is 3. The maximum absolute atomic E-state index is 12.7. The fraction of sp³-hybridized carbons (Fsp3) is 0.167. The van der Waals surface area contributed by atoms with Gasteiger partial charge in [-0.3, -0.25) is 14.4 Å². The van der Waals surface area contributed by atoms with Gasteiger partial charge in [0, 0.05) is 26.2 Å². The molecule has 0 aliphatic carbocycles. The second-order valence-electron chi connectivity index (χ2n) is 8.06. The predicted molar refractivity (Wildman–Crippen MR) is 159 cm³/mol. The van der Waals surface area contributed by atoms with Crippen LogP contribution in [0.5, 0.6) is 0 Å². The van der Waals surface area contributed by atoms with Crippen LogP contribution in [0, 0.1) is 0 Å². The molecule has 4 heterocycles. The van der Waals surface area contributed by atoms with Crippen molar-refractivity contribution in [2.75, 3.05) is 11.1 Å². The summed E-state index contributed by atoms with van der Waals surface area (Å²) in [5.74, 6) is -2.79. The summed E-state index contributed by atoms with van der Waals surface area (Å²) in [5, 5.41) is 9.99. The average Bonchev–Trinajstić information content (AvgIpc) is 3.62. The van der Waals surface area contributed by atoms with Gasteiger partial charge in [-0.2, -0.15) is 26.3 Å². The lowest BCUT2D eigenvalue weighted by Gasteiger charge is -2.10. The zero-order valence-corrected chi connectivity index (χ0v) is 26.6. The number of rotatable bonds is 5. The van der Waals surface area contributed by atoms with Crippen molar-refractivity contribution in [3.63, 3.8) is 0 Å². The van der Waals surface area contributed by atoms with Gasteiger partial charge in [-0.15, -0.1) is 35.1 Å². The van der Waals surface area contributed by atoms with Crippen LogP contribution in [0.1, 0.15) is 63.9 Å². The molecule has 0 saturated carbocycles. The third kappa shape index (κ3) is 11.8. The Labute approximate surface area is 278 Å². The first-order valence-electron chi connectivity index (χ1n) is 11.4. The summed E-state index contributed by atoms with van der Waals surface area (Å²) in [6, 6.07) is 1.33. The minimum atomic E-state index is -4.66.